The monoisotopic (exact) mass is 474 g/mol. The van der Waals surface area contributed by atoms with Crippen LogP contribution in [0.4, 0.5) is 16.3 Å². The maximum absolute atomic E-state index is 11.8. The average Bonchev–Trinajstić information content (AvgIpc) is 2.75. The summed E-state index contributed by atoms with van der Waals surface area (Å²) in [6, 6.07) is 8.05. The smallest absolute Gasteiger partial charge is 0.322 e. The van der Waals surface area contributed by atoms with Gasteiger partial charge in [-0.05, 0) is 30.3 Å². The van der Waals surface area contributed by atoms with E-state index in [2.05, 4.69) is 15.3 Å². The lowest BCUT2D eigenvalue weighted by Crippen LogP contribution is -2.41. The summed E-state index contributed by atoms with van der Waals surface area (Å²) in [6.45, 7) is 0. The molecule has 7 N–H and O–H groups in total. The molecule has 0 saturated heterocycles. The summed E-state index contributed by atoms with van der Waals surface area (Å²) >= 11 is 12.3. The quantitative estimate of drug-likeness (QED) is 0.244. The van der Waals surface area contributed by atoms with Crippen molar-refractivity contribution in [1.82, 2.24) is 14.9 Å². The number of carbonyl (C=O) groups is 1. The summed E-state index contributed by atoms with van der Waals surface area (Å²) in [7, 11) is 3.27. The van der Waals surface area contributed by atoms with Crippen LogP contribution in [-0.2, 0) is 0 Å². The molecule has 32 heavy (non-hydrogen) atoms. The second-order valence-electron chi connectivity index (χ2n) is 6.97. The highest BCUT2D eigenvalue weighted by Gasteiger charge is 2.19. The predicted octanol–water partition coefficient (Wildman–Crippen LogP) is 2.09. The first-order chi connectivity index (χ1) is 15.2. The summed E-state index contributed by atoms with van der Waals surface area (Å²) in [5.74, 6) is 0.804. The van der Waals surface area contributed by atoms with Crippen molar-refractivity contribution in [2.24, 2.45) is 5.73 Å². The molecule has 1 atom stereocenters. The number of nitrogen functional groups attached to an aromatic ring is 1. The van der Waals surface area contributed by atoms with Crippen LogP contribution >= 0.6 is 23.2 Å². The lowest BCUT2D eigenvalue weighted by Gasteiger charge is -2.18. The summed E-state index contributed by atoms with van der Waals surface area (Å²) in [6.07, 6.45) is 3.47. The van der Waals surface area contributed by atoms with Gasteiger partial charge in [-0.3, -0.25) is 21.4 Å². The van der Waals surface area contributed by atoms with E-state index in [0.29, 0.717) is 49.7 Å². The van der Waals surface area contributed by atoms with Gasteiger partial charge in [0.15, 0.2) is 6.23 Å². The second kappa shape index (κ2) is 9.82. The van der Waals surface area contributed by atoms with Gasteiger partial charge in [0.2, 0.25) is 5.71 Å². The first-order valence-corrected chi connectivity index (χ1v) is 10.1. The number of hydrogen-bond acceptors (Lipinski definition) is 6. The number of ether oxygens (including phenoxy) is 1. The number of nitrogens with two attached hydrogens (primary N) is 3. The van der Waals surface area contributed by atoms with Crippen molar-refractivity contribution in [2.45, 2.75) is 6.23 Å². The van der Waals surface area contributed by atoms with Crippen LogP contribution in [-0.4, -0.2) is 40.7 Å². The van der Waals surface area contributed by atoms with Crippen molar-refractivity contribution in [1.29, 1.82) is 0 Å². The Bertz CT molecular complexity index is 1130. The Labute approximate surface area is 194 Å². The fourth-order valence-corrected chi connectivity index (χ4v) is 3.32. The van der Waals surface area contributed by atoms with Gasteiger partial charge in [0, 0.05) is 43.9 Å². The Morgan fingerprint density at radius 3 is 2.44 bits per heavy atom. The molecule has 0 radical (unpaired) electrons. The summed E-state index contributed by atoms with van der Waals surface area (Å²) in [5, 5.41) is 9.58. The number of nitrogens with one attached hydrogen (secondary N) is 1. The molecule has 2 heterocycles. The van der Waals surface area contributed by atoms with E-state index in [1.807, 2.05) is 0 Å². The fourth-order valence-electron chi connectivity index (χ4n) is 2.74. The van der Waals surface area contributed by atoms with Crippen molar-refractivity contribution in [2.75, 3.05) is 25.1 Å². The number of pyridine rings is 2. The molecule has 0 spiro atoms. The minimum Gasteiger partial charge on any atom is -0.471 e. The molecule has 0 aliphatic carbocycles. The van der Waals surface area contributed by atoms with Gasteiger partial charge in [0.05, 0.1) is 21.2 Å². The average molecular weight is 475 g/mol. The van der Waals surface area contributed by atoms with Crippen LogP contribution < -0.4 is 26.9 Å². The summed E-state index contributed by atoms with van der Waals surface area (Å²) in [5.41, 5.74) is 14.6. The molecular formula is C21H22Cl2N7O2+. The zero-order valence-electron chi connectivity index (χ0n) is 17.3. The van der Waals surface area contributed by atoms with Crippen molar-refractivity contribution in [3.63, 3.8) is 0 Å². The van der Waals surface area contributed by atoms with E-state index in [-0.39, 0.29) is 6.03 Å². The Balaban J connectivity index is 1.81. The SMILES string of the molecule is CN(C)C(=O)Nc1ccc(C(=[NH2+])c2cc(O[C@H](N)c3c(Cl)cncc3Cl)ccc2N)cn1. The van der Waals surface area contributed by atoms with Gasteiger partial charge < -0.3 is 15.4 Å². The van der Waals surface area contributed by atoms with Gasteiger partial charge in [-0.2, -0.15) is 0 Å². The third-order valence-corrected chi connectivity index (χ3v) is 5.07. The Hall–Kier alpha value is -3.40. The van der Waals surface area contributed by atoms with E-state index in [9.17, 15) is 4.79 Å². The van der Waals surface area contributed by atoms with E-state index in [1.165, 1.54) is 23.5 Å². The molecule has 0 bridgehead atoms. The lowest BCUT2D eigenvalue weighted by molar-refractivity contribution is -0.111. The maximum Gasteiger partial charge on any atom is 0.322 e. The summed E-state index contributed by atoms with van der Waals surface area (Å²) < 4.78 is 5.82. The van der Waals surface area contributed by atoms with Crippen LogP contribution in [0.3, 0.4) is 0 Å². The molecule has 0 aliphatic heterocycles. The maximum atomic E-state index is 11.8. The molecule has 3 aromatic rings. The van der Waals surface area contributed by atoms with Crippen LogP contribution in [0.25, 0.3) is 0 Å². The van der Waals surface area contributed by atoms with Gasteiger partial charge in [-0.15, -0.1) is 0 Å². The molecular weight excluding hydrogens is 453 g/mol. The van der Waals surface area contributed by atoms with E-state index < -0.39 is 6.23 Å². The highest BCUT2D eigenvalue weighted by Crippen LogP contribution is 2.31. The number of rotatable bonds is 6. The molecule has 0 fully saturated rings. The van der Waals surface area contributed by atoms with Gasteiger partial charge >= 0.3 is 6.03 Å². The molecule has 3 rings (SSSR count). The Morgan fingerprint density at radius 2 is 1.84 bits per heavy atom. The topological polar surface area (TPSA) is 145 Å². The van der Waals surface area contributed by atoms with Crippen molar-refractivity contribution < 1.29 is 14.9 Å². The molecule has 166 valence electrons. The zero-order valence-corrected chi connectivity index (χ0v) is 18.9. The Kier molecular flexibility index (Phi) is 7.14. The van der Waals surface area contributed by atoms with Gasteiger partial charge in [0.25, 0.3) is 0 Å². The first-order valence-electron chi connectivity index (χ1n) is 9.35. The molecule has 0 aliphatic rings. The number of aromatic nitrogens is 2. The zero-order chi connectivity index (χ0) is 23.4. The highest BCUT2D eigenvalue weighted by molar-refractivity contribution is 6.35. The third-order valence-electron chi connectivity index (χ3n) is 4.47. The minimum absolute atomic E-state index is 0.290. The molecule has 2 amide bonds. The fraction of sp³-hybridized carbons (Fsp3) is 0.143. The number of anilines is 2. The molecule has 1 aromatic carbocycles. The van der Waals surface area contributed by atoms with E-state index >= 15 is 0 Å². The Morgan fingerprint density at radius 1 is 1.16 bits per heavy atom. The van der Waals surface area contributed by atoms with E-state index in [1.54, 1.807) is 44.4 Å². The van der Waals surface area contributed by atoms with Gasteiger partial charge in [-0.25, -0.2) is 9.78 Å². The largest absolute Gasteiger partial charge is 0.471 e. The lowest BCUT2D eigenvalue weighted by atomic mass is 10.0. The number of benzene rings is 1. The van der Waals surface area contributed by atoms with Gasteiger partial charge in [0.1, 0.15) is 11.6 Å². The van der Waals surface area contributed by atoms with E-state index in [4.69, 9.17) is 44.8 Å². The number of halogens is 2. The van der Waals surface area contributed by atoms with Gasteiger partial charge in [-0.1, -0.05) is 23.2 Å². The normalized spacial score (nSPS) is 11.5. The summed E-state index contributed by atoms with van der Waals surface area (Å²) in [4.78, 5) is 21.3. The highest BCUT2D eigenvalue weighted by atomic mass is 35.5. The molecule has 0 unspecified atom stereocenters. The third kappa shape index (κ3) is 5.25. The number of nitrogens with zero attached hydrogens (tertiary/aromatic N) is 3. The first kappa shape index (κ1) is 23.3. The van der Waals surface area contributed by atoms with Crippen LogP contribution in [0.2, 0.25) is 10.0 Å². The standard InChI is InChI=1S/C21H21Cl2N7O2/c1-30(2)21(31)29-17-6-3-11(8-28-17)19(25)13-7-12(4-5-16(13)24)32-20(26)18-14(22)9-27-10-15(18)23/h3-10,20,25H,24,26H2,1-2H3,(H,28,29,31)/p+1/t20-/m0/s1. The van der Waals surface area contributed by atoms with Crippen LogP contribution in [0.5, 0.6) is 5.75 Å². The number of amides is 2. The molecule has 2 aromatic heterocycles. The van der Waals surface area contributed by atoms with Crippen molar-refractivity contribution in [3.8, 4) is 5.75 Å². The van der Waals surface area contributed by atoms with Crippen molar-refractivity contribution >= 4 is 46.4 Å². The predicted molar refractivity (Wildman–Crippen MR) is 125 cm³/mol. The van der Waals surface area contributed by atoms with Crippen LogP contribution in [0.15, 0.2) is 48.9 Å². The van der Waals surface area contributed by atoms with E-state index in [0.717, 1.165) is 0 Å². The second-order valence-corrected chi connectivity index (χ2v) is 7.79. The van der Waals surface area contributed by atoms with Crippen LogP contribution in [0, 0.1) is 0 Å². The minimum atomic E-state index is -0.933. The number of carbonyl (C=O) groups excluding carboxylic acids is 1. The molecule has 0 saturated carbocycles. The molecule has 9 nitrogen and oxygen atoms in total. The number of urea groups is 1. The molecule has 11 heteroatoms. The number of hydrogen-bond donors (Lipinski definition) is 4. The van der Waals surface area contributed by atoms with Crippen LogP contribution in [0.1, 0.15) is 22.9 Å². The van der Waals surface area contributed by atoms with Crippen molar-refractivity contribution in [3.05, 3.63) is 75.7 Å².